The maximum Gasteiger partial charge on any atom is 0.416 e. The Balaban J connectivity index is 1.38. The Kier molecular flexibility index (Phi) is 5.07. The van der Waals surface area contributed by atoms with Gasteiger partial charge in [0.05, 0.1) is 5.56 Å². The van der Waals surface area contributed by atoms with Gasteiger partial charge in [0.1, 0.15) is 0 Å². The van der Waals surface area contributed by atoms with Crippen LogP contribution >= 0.6 is 0 Å². The van der Waals surface area contributed by atoms with Gasteiger partial charge in [-0.2, -0.15) is 13.2 Å². The van der Waals surface area contributed by atoms with Gasteiger partial charge in [-0.15, -0.1) is 0 Å². The van der Waals surface area contributed by atoms with Crippen LogP contribution in [0.1, 0.15) is 29.0 Å². The Labute approximate surface area is 162 Å². The van der Waals surface area contributed by atoms with E-state index in [4.69, 9.17) is 0 Å². The lowest BCUT2D eigenvalue weighted by Crippen LogP contribution is -2.26. The normalized spacial score (nSPS) is 17.2. The van der Waals surface area contributed by atoms with Crippen molar-refractivity contribution in [2.45, 2.75) is 24.9 Å². The Hall–Kier alpha value is -2.82. The number of pyridine rings is 1. The zero-order valence-electron chi connectivity index (χ0n) is 15.4. The van der Waals surface area contributed by atoms with Crippen molar-refractivity contribution in [3.63, 3.8) is 0 Å². The highest BCUT2D eigenvalue weighted by molar-refractivity contribution is 5.81. The molecule has 0 saturated carbocycles. The number of benzene rings is 2. The molecule has 2 aromatic carbocycles. The first-order chi connectivity index (χ1) is 13.5. The monoisotopic (exact) mass is 382 g/mol. The lowest BCUT2D eigenvalue weighted by atomic mass is 9.92. The average molecular weight is 382 g/mol. The highest BCUT2D eigenvalue weighted by Crippen LogP contribution is 2.33. The van der Waals surface area contributed by atoms with Gasteiger partial charge in [-0.1, -0.05) is 42.5 Å². The summed E-state index contributed by atoms with van der Waals surface area (Å²) in [5.74, 6) is 0.0340. The molecule has 0 spiro atoms. The molecule has 5 heteroatoms. The summed E-state index contributed by atoms with van der Waals surface area (Å²) in [6.07, 6.45) is 5.16. The van der Waals surface area contributed by atoms with Gasteiger partial charge in [-0.3, -0.25) is 4.98 Å². The summed E-state index contributed by atoms with van der Waals surface area (Å²) in [5, 5.41) is 2.32. The smallest absolute Gasteiger partial charge is 0.377 e. The number of hydrogen-bond donors (Lipinski definition) is 0. The predicted molar refractivity (Wildman–Crippen MR) is 105 cm³/mol. The molecule has 1 atom stereocenters. The minimum atomic E-state index is -4.30. The van der Waals surface area contributed by atoms with Crippen LogP contribution in [0.4, 0.5) is 13.2 Å². The molecule has 1 aliphatic heterocycles. The number of nitrogens with zero attached hydrogens (tertiary/aromatic N) is 2. The fourth-order valence-electron chi connectivity index (χ4n) is 3.67. The number of halogens is 3. The third kappa shape index (κ3) is 4.19. The van der Waals surface area contributed by atoms with Gasteiger partial charge in [-0.25, -0.2) is 0 Å². The van der Waals surface area contributed by atoms with E-state index in [1.807, 2.05) is 24.5 Å². The Bertz CT molecular complexity index is 994. The van der Waals surface area contributed by atoms with Crippen molar-refractivity contribution >= 4 is 10.8 Å². The van der Waals surface area contributed by atoms with Crippen molar-refractivity contribution in [1.82, 2.24) is 9.88 Å². The molecule has 2 nitrogen and oxygen atoms in total. The second-order valence-electron chi connectivity index (χ2n) is 7.20. The van der Waals surface area contributed by atoms with E-state index >= 15 is 0 Å². The summed E-state index contributed by atoms with van der Waals surface area (Å²) in [5.41, 5.74) is 1.42. The first-order valence-electron chi connectivity index (χ1n) is 9.41. The summed E-state index contributed by atoms with van der Waals surface area (Å²) in [7, 11) is 0. The Morgan fingerprint density at radius 3 is 2.71 bits per heavy atom. The van der Waals surface area contributed by atoms with Crippen LogP contribution in [0, 0.1) is 0 Å². The molecular weight excluding hydrogens is 361 g/mol. The van der Waals surface area contributed by atoms with Crippen molar-refractivity contribution in [3.8, 4) is 0 Å². The summed E-state index contributed by atoms with van der Waals surface area (Å²) in [6, 6.07) is 14.1. The lowest BCUT2D eigenvalue weighted by molar-refractivity contribution is -0.137. The highest BCUT2D eigenvalue weighted by atomic mass is 19.4. The van der Waals surface area contributed by atoms with Crippen LogP contribution in [0.2, 0.25) is 0 Å². The van der Waals surface area contributed by atoms with Crippen molar-refractivity contribution in [2.75, 3.05) is 13.1 Å². The third-order valence-electron chi connectivity index (χ3n) is 5.29. The fourth-order valence-corrected chi connectivity index (χ4v) is 3.67. The molecule has 2 heterocycles. The van der Waals surface area contributed by atoms with Crippen LogP contribution in [-0.4, -0.2) is 23.0 Å². The zero-order valence-corrected chi connectivity index (χ0v) is 15.4. The number of aromatic nitrogens is 1. The van der Waals surface area contributed by atoms with E-state index in [2.05, 4.69) is 28.1 Å². The van der Waals surface area contributed by atoms with E-state index in [1.165, 1.54) is 23.1 Å². The van der Waals surface area contributed by atoms with Crippen LogP contribution in [0.3, 0.4) is 0 Å². The number of rotatable bonds is 4. The first-order valence-corrected chi connectivity index (χ1v) is 9.41. The SMILES string of the molecule is FC(F)(F)c1cccc(C2C=CN(CCc3ccc4cnccc4c3)CC2)c1. The summed E-state index contributed by atoms with van der Waals surface area (Å²) < 4.78 is 38.8. The molecule has 1 aromatic heterocycles. The number of allylic oxidation sites excluding steroid dienone is 1. The van der Waals surface area contributed by atoms with Crippen molar-refractivity contribution < 1.29 is 13.2 Å². The van der Waals surface area contributed by atoms with E-state index in [0.717, 1.165) is 42.9 Å². The number of alkyl halides is 3. The van der Waals surface area contributed by atoms with Crippen LogP contribution < -0.4 is 0 Å². The molecule has 1 aliphatic rings. The van der Waals surface area contributed by atoms with E-state index in [0.29, 0.717) is 0 Å². The molecular formula is C23H21F3N2. The molecule has 0 bridgehead atoms. The van der Waals surface area contributed by atoms with E-state index in [1.54, 1.807) is 12.3 Å². The molecule has 0 N–H and O–H groups in total. The van der Waals surface area contributed by atoms with Crippen LogP contribution in [0.25, 0.3) is 10.8 Å². The first kappa shape index (κ1) is 18.5. The highest BCUT2D eigenvalue weighted by Gasteiger charge is 2.31. The minimum Gasteiger partial charge on any atom is -0.377 e. The molecule has 0 amide bonds. The van der Waals surface area contributed by atoms with Gasteiger partial charge in [-0.05, 0) is 47.7 Å². The Morgan fingerprint density at radius 2 is 1.93 bits per heavy atom. The molecule has 28 heavy (non-hydrogen) atoms. The molecule has 0 saturated heterocycles. The van der Waals surface area contributed by atoms with Crippen molar-refractivity contribution in [3.05, 3.63) is 89.9 Å². The maximum atomic E-state index is 12.9. The van der Waals surface area contributed by atoms with Crippen LogP contribution in [-0.2, 0) is 12.6 Å². The standard InChI is InChI=1S/C23H21F3N2/c24-23(25,26)22-3-1-2-19(15-22)18-8-12-28(13-9-18)11-7-17-4-5-21-16-27-10-6-20(21)14-17/h1-6,8,10,12,14-16,18H,7,9,11,13H2. The topological polar surface area (TPSA) is 16.1 Å². The Morgan fingerprint density at radius 1 is 1.04 bits per heavy atom. The largest absolute Gasteiger partial charge is 0.416 e. The fraction of sp³-hybridized carbons (Fsp3) is 0.261. The number of hydrogen-bond acceptors (Lipinski definition) is 2. The molecule has 0 radical (unpaired) electrons. The molecule has 3 aromatic rings. The van der Waals surface area contributed by atoms with Gasteiger partial charge >= 0.3 is 6.18 Å². The van der Waals surface area contributed by atoms with Crippen LogP contribution in [0.5, 0.6) is 0 Å². The summed E-state index contributed by atoms with van der Waals surface area (Å²) in [4.78, 5) is 6.37. The lowest BCUT2D eigenvalue weighted by Gasteiger charge is -2.28. The molecule has 0 fully saturated rings. The molecule has 4 rings (SSSR count). The maximum absolute atomic E-state index is 12.9. The van der Waals surface area contributed by atoms with Gasteiger partial charge in [0.2, 0.25) is 0 Å². The minimum absolute atomic E-state index is 0.0340. The second kappa shape index (κ2) is 7.66. The predicted octanol–water partition coefficient (Wildman–Crippen LogP) is 5.80. The molecule has 144 valence electrons. The van der Waals surface area contributed by atoms with Crippen LogP contribution in [0.15, 0.2) is 73.2 Å². The summed E-state index contributed by atoms with van der Waals surface area (Å²) >= 11 is 0. The average Bonchev–Trinajstić information content (AvgIpc) is 2.72. The van der Waals surface area contributed by atoms with E-state index in [-0.39, 0.29) is 5.92 Å². The number of fused-ring (bicyclic) bond motifs is 1. The van der Waals surface area contributed by atoms with E-state index in [9.17, 15) is 13.2 Å². The van der Waals surface area contributed by atoms with E-state index < -0.39 is 11.7 Å². The van der Waals surface area contributed by atoms with Gasteiger partial charge < -0.3 is 4.90 Å². The molecule has 0 aliphatic carbocycles. The molecule has 1 unspecified atom stereocenters. The second-order valence-corrected chi connectivity index (χ2v) is 7.20. The van der Waals surface area contributed by atoms with Gasteiger partial charge in [0.25, 0.3) is 0 Å². The van der Waals surface area contributed by atoms with Crippen molar-refractivity contribution in [2.24, 2.45) is 0 Å². The summed E-state index contributed by atoms with van der Waals surface area (Å²) in [6.45, 7) is 1.73. The van der Waals surface area contributed by atoms with Crippen molar-refractivity contribution in [1.29, 1.82) is 0 Å². The third-order valence-corrected chi connectivity index (χ3v) is 5.29. The van der Waals surface area contributed by atoms with Gasteiger partial charge in [0, 0.05) is 36.8 Å². The zero-order chi connectivity index (χ0) is 19.6. The van der Waals surface area contributed by atoms with Gasteiger partial charge in [0.15, 0.2) is 0 Å². The quantitative estimate of drug-likeness (QED) is 0.567.